The summed E-state index contributed by atoms with van der Waals surface area (Å²) < 4.78 is 6.19. The van der Waals surface area contributed by atoms with E-state index in [2.05, 4.69) is 15.6 Å². The van der Waals surface area contributed by atoms with Gasteiger partial charge in [-0.15, -0.1) is 11.3 Å². The SMILES string of the molecule is CC(=O)Nc1cccc(O[C@H]2N=C(C)Nc3sc4c(c32)CCC4)c1. The minimum atomic E-state index is -0.327. The molecule has 24 heavy (non-hydrogen) atoms. The lowest BCUT2D eigenvalue weighted by molar-refractivity contribution is -0.114. The number of anilines is 2. The molecule has 0 unspecified atom stereocenters. The topological polar surface area (TPSA) is 62.7 Å². The lowest BCUT2D eigenvalue weighted by Gasteiger charge is -2.23. The van der Waals surface area contributed by atoms with Crippen molar-refractivity contribution < 1.29 is 9.53 Å². The van der Waals surface area contributed by atoms with Gasteiger partial charge in [0, 0.05) is 23.6 Å². The van der Waals surface area contributed by atoms with E-state index in [4.69, 9.17) is 4.74 Å². The molecule has 1 aliphatic heterocycles. The lowest BCUT2D eigenvalue weighted by Crippen LogP contribution is -2.20. The fraction of sp³-hybridized carbons (Fsp3) is 0.333. The predicted octanol–water partition coefficient (Wildman–Crippen LogP) is 4.12. The molecule has 4 rings (SSSR count). The molecule has 6 heteroatoms. The van der Waals surface area contributed by atoms with Gasteiger partial charge >= 0.3 is 0 Å². The number of aliphatic imine (C=N–C) groups is 1. The van der Waals surface area contributed by atoms with Gasteiger partial charge in [0.2, 0.25) is 12.1 Å². The minimum absolute atomic E-state index is 0.0965. The van der Waals surface area contributed by atoms with Crippen LogP contribution in [0.1, 0.15) is 42.5 Å². The number of nitrogens with one attached hydrogen (secondary N) is 2. The van der Waals surface area contributed by atoms with Crippen molar-refractivity contribution in [2.45, 2.75) is 39.3 Å². The number of carbonyl (C=O) groups is 1. The van der Waals surface area contributed by atoms with Gasteiger partial charge in [-0.05, 0) is 43.9 Å². The van der Waals surface area contributed by atoms with Gasteiger partial charge in [-0.3, -0.25) is 4.79 Å². The molecule has 1 aromatic heterocycles. The van der Waals surface area contributed by atoms with E-state index >= 15 is 0 Å². The van der Waals surface area contributed by atoms with Gasteiger partial charge < -0.3 is 15.4 Å². The van der Waals surface area contributed by atoms with Crippen molar-refractivity contribution >= 4 is 33.8 Å². The summed E-state index contributed by atoms with van der Waals surface area (Å²) in [6.45, 7) is 3.45. The third kappa shape index (κ3) is 2.78. The third-order valence-electron chi connectivity index (χ3n) is 4.22. The van der Waals surface area contributed by atoms with Gasteiger partial charge in [0.15, 0.2) is 0 Å². The highest BCUT2D eigenvalue weighted by Crippen LogP contribution is 2.45. The van der Waals surface area contributed by atoms with Crippen molar-refractivity contribution in [3.05, 3.63) is 40.3 Å². The van der Waals surface area contributed by atoms with Gasteiger partial charge in [0.1, 0.15) is 16.6 Å². The summed E-state index contributed by atoms with van der Waals surface area (Å²) in [6.07, 6.45) is 3.13. The van der Waals surface area contributed by atoms with Crippen LogP contribution >= 0.6 is 11.3 Å². The van der Waals surface area contributed by atoms with Crippen LogP contribution in [0.4, 0.5) is 10.7 Å². The van der Waals surface area contributed by atoms with E-state index in [0.29, 0.717) is 5.75 Å². The van der Waals surface area contributed by atoms with E-state index in [1.165, 1.54) is 29.3 Å². The molecule has 2 aromatic rings. The molecule has 2 heterocycles. The Kier molecular flexibility index (Phi) is 3.76. The second kappa shape index (κ2) is 5.94. The van der Waals surface area contributed by atoms with Crippen LogP contribution < -0.4 is 15.4 Å². The van der Waals surface area contributed by atoms with Gasteiger partial charge in [-0.2, -0.15) is 0 Å². The highest BCUT2D eigenvalue weighted by atomic mass is 32.1. The Morgan fingerprint density at radius 1 is 1.42 bits per heavy atom. The first-order valence-electron chi connectivity index (χ1n) is 8.10. The van der Waals surface area contributed by atoms with E-state index in [-0.39, 0.29) is 12.1 Å². The van der Waals surface area contributed by atoms with Crippen molar-refractivity contribution in [2.75, 3.05) is 10.6 Å². The monoisotopic (exact) mass is 341 g/mol. The normalized spacial score (nSPS) is 18.2. The molecule has 1 aliphatic carbocycles. The van der Waals surface area contributed by atoms with Crippen LogP contribution in [-0.4, -0.2) is 11.7 Å². The van der Waals surface area contributed by atoms with Crippen molar-refractivity contribution in [1.29, 1.82) is 0 Å². The zero-order valence-electron chi connectivity index (χ0n) is 13.7. The first-order valence-corrected chi connectivity index (χ1v) is 8.92. The smallest absolute Gasteiger partial charge is 0.221 e. The van der Waals surface area contributed by atoms with Gasteiger partial charge in [0.05, 0.1) is 5.56 Å². The zero-order valence-corrected chi connectivity index (χ0v) is 14.5. The molecule has 124 valence electrons. The minimum Gasteiger partial charge on any atom is -0.464 e. The zero-order chi connectivity index (χ0) is 16.7. The van der Waals surface area contributed by atoms with E-state index in [1.807, 2.05) is 42.5 Å². The van der Waals surface area contributed by atoms with Crippen molar-refractivity contribution in [2.24, 2.45) is 4.99 Å². The summed E-state index contributed by atoms with van der Waals surface area (Å²) in [4.78, 5) is 17.4. The van der Waals surface area contributed by atoms with E-state index in [9.17, 15) is 4.79 Å². The first kappa shape index (κ1) is 15.2. The first-order chi connectivity index (χ1) is 11.6. The summed E-state index contributed by atoms with van der Waals surface area (Å²) in [5.74, 6) is 1.47. The summed E-state index contributed by atoms with van der Waals surface area (Å²) in [6, 6.07) is 7.45. The van der Waals surface area contributed by atoms with Gasteiger partial charge in [0.25, 0.3) is 0 Å². The number of aryl methyl sites for hydroxylation is 1. The number of nitrogens with zero attached hydrogens (tertiary/aromatic N) is 1. The predicted molar refractivity (Wildman–Crippen MR) is 97.2 cm³/mol. The number of amides is 1. The quantitative estimate of drug-likeness (QED) is 0.883. The number of ether oxygens (including phenoxy) is 1. The third-order valence-corrected chi connectivity index (χ3v) is 5.44. The summed E-state index contributed by atoms with van der Waals surface area (Å²) in [5.41, 5.74) is 3.32. The number of carbonyl (C=O) groups excluding carboxylic acids is 1. The second-order valence-corrected chi connectivity index (χ2v) is 7.22. The largest absolute Gasteiger partial charge is 0.464 e. The molecule has 0 fully saturated rings. The number of fused-ring (bicyclic) bond motifs is 3. The number of hydrogen-bond acceptors (Lipinski definition) is 5. The van der Waals surface area contributed by atoms with Crippen molar-refractivity contribution in [1.82, 2.24) is 0 Å². The molecule has 2 aliphatic rings. The Morgan fingerprint density at radius 2 is 2.29 bits per heavy atom. The Morgan fingerprint density at radius 3 is 3.12 bits per heavy atom. The average Bonchev–Trinajstić information content (AvgIpc) is 3.06. The molecule has 5 nitrogen and oxygen atoms in total. The Bertz CT molecular complexity index is 841. The number of amidine groups is 1. The second-order valence-electron chi connectivity index (χ2n) is 6.12. The number of benzene rings is 1. The maximum atomic E-state index is 11.2. The highest BCUT2D eigenvalue weighted by Gasteiger charge is 2.31. The fourth-order valence-electron chi connectivity index (χ4n) is 3.28. The van der Waals surface area contributed by atoms with Crippen LogP contribution in [0.5, 0.6) is 5.75 Å². The van der Waals surface area contributed by atoms with Crippen molar-refractivity contribution in [3.8, 4) is 5.75 Å². The molecular weight excluding hydrogens is 322 g/mol. The van der Waals surface area contributed by atoms with Crippen LogP contribution in [0.2, 0.25) is 0 Å². The molecule has 0 radical (unpaired) electrons. The number of rotatable bonds is 3. The fourth-order valence-corrected chi connectivity index (χ4v) is 4.65. The molecule has 0 saturated heterocycles. The maximum Gasteiger partial charge on any atom is 0.221 e. The van der Waals surface area contributed by atoms with Gasteiger partial charge in [-0.25, -0.2) is 4.99 Å². The van der Waals surface area contributed by atoms with E-state index in [1.54, 1.807) is 0 Å². The molecule has 2 N–H and O–H groups in total. The molecule has 0 spiro atoms. The van der Waals surface area contributed by atoms with Crippen molar-refractivity contribution in [3.63, 3.8) is 0 Å². The molecular formula is C18H19N3O2S. The van der Waals surface area contributed by atoms with Crippen LogP contribution in [0.25, 0.3) is 0 Å². The Hall–Kier alpha value is -2.34. The average molecular weight is 341 g/mol. The Labute approximate surface area is 144 Å². The summed E-state index contributed by atoms with van der Waals surface area (Å²) in [5, 5.41) is 7.32. The summed E-state index contributed by atoms with van der Waals surface area (Å²) in [7, 11) is 0. The summed E-state index contributed by atoms with van der Waals surface area (Å²) >= 11 is 1.83. The van der Waals surface area contributed by atoms with E-state index < -0.39 is 0 Å². The van der Waals surface area contributed by atoms with Crippen LogP contribution in [-0.2, 0) is 17.6 Å². The maximum absolute atomic E-state index is 11.2. The van der Waals surface area contributed by atoms with Crippen LogP contribution in [0, 0.1) is 0 Å². The number of hydrogen-bond donors (Lipinski definition) is 2. The standard InChI is InChI=1S/C18H19N3O2S/c1-10-19-17(16-14-7-4-8-15(14)24-18(16)20-10)23-13-6-3-5-12(9-13)21-11(2)22/h3,5-6,9,17H,4,7-8H2,1-2H3,(H,19,20)(H,21,22)/t17-/m1/s1. The molecule has 1 aromatic carbocycles. The van der Waals surface area contributed by atoms with Crippen LogP contribution in [0.3, 0.4) is 0 Å². The molecule has 0 saturated carbocycles. The highest BCUT2D eigenvalue weighted by molar-refractivity contribution is 7.16. The Balaban J connectivity index is 1.65. The lowest BCUT2D eigenvalue weighted by atomic mass is 10.1. The molecule has 0 bridgehead atoms. The van der Waals surface area contributed by atoms with Gasteiger partial charge in [-0.1, -0.05) is 6.07 Å². The molecule has 1 amide bonds. The van der Waals surface area contributed by atoms with Crippen LogP contribution in [0.15, 0.2) is 29.3 Å². The van der Waals surface area contributed by atoms with E-state index in [0.717, 1.165) is 29.4 Å². The number of thiophene rings is 1. The molecule has 1 atom stereocenters.